The first-order valence-electron chi connectivity index (χ1n) is 10.6. The lowest BCUT2D eigenvalue weighted by Crippen LogP contribution is -2.13. The number of oxazole rings is 1. The third-order valence-electron chi connectivity index (χ3n) is 4.89. The lowest BCUT2D eigenvalue weighted by Gasteiger charge is -2.11. The first-order chi connectivity index (χ1) is 15.9. The molecule has 0 spiro atoms. The van der Waals surface area contributed by atoms with E-state index < -0.39 is 0 Å². The normalized spacial score (nSPS) is 10.7. The van der Waals surface area contributed by atoms with Gasteiger partial charge in [0, 0.05) is 17.8 Å². The number of nitrogens with one attached hydrogen (secondary N) is 3. The number of rotatable bonds is 7. The van der Waals surface area contributed by atoms with Gasteiger partial charge in [0.25, 0.3) is 5.91 Å². The number of aromatic nitrogens is 4. The molecular weight excluding hydrogens is 418 g/mol. The Bertz CT molecular complexity index is 1260. The Hall–Kier alpha value is -4.27. The van der Waals surface area contributed by atoms with E-state index in [2.05, 4.69) is 35.9 Å². The number of hydrogen-bond donors (Lipinski definition) is 3. The standard InChI is InChI=1S/C24H25N7O2/c1-5-19-27-22(26-17-9-7-6-8-10-17)30-23(28-19)31-24-25-13-18(33-24)21(32)29-20-15(3)11-14(2)12-16(20)4/h6-13H,5H2,1-4H3,(H,29,32)(H2,25,26,27,28,30,31). The van der Waals surface area contributed by atoms with Crippen LogP contribution in [0.3, 0.4) is 0 Å². The zero-order chi connectivity index (χ0) is 23.4. The summed E-state index contributed by atoms with van der Waals surface area (Å²) in [5.41, 5.74) is 4.72. The number of nitrogens with zero attached hydrogens (tertiary/aromatic N) is 4. The van der Waals surface area contributed by atoms with Crippen molar-refractivity contribution in [3.05, 3.63) is 76.9 Å². The van der Waals surface area contributed by atoms with Crippen molar-refractivity contribution in [2.75, 3.05) is 16.0 Å². The van der Waals surface area contributed by atoms with Gasteiger partial charge in [0.1, 0.15) is 5.82 Å². The second kappa shape index (κ2) is 9.47. The average molecular weight is 444 g/mol. The van der Waals surface area contributed by atoms with Crippen LogP contribution >= 0.6 is 0 Å². The highest BCUT2D eigenvalue weighted by molar-refractivity contribution is 6.03. The van der Waals surface area contributed by atoms with E-state index in [-0.39, 0.29) is 23.6 Å². The Balaban J connectivity index is 1.50. The second-order valence-corrected chi connectivity index (χ2v) is 7.63. The van der Waals surface area contributed by atoms with Gasteiger partial charge in [0.2, 0.25) is 17.7 Å². The predicted octanol–water partition coefficient (Wildman–Crippen LogP) is 5.09. The Morgan fingerprint density at radius 2 is 1.61 bits per heavy atom. The van der Waals surface area contributed by atoms with Crippen molar-refractivity contribution in [1.29, 1.82) is 0 Å². The minimum Gasteiger partial charge on any atom is -0.418 e. The van der Waals surface area contributed by atoms with E-state index in [4.69, 9.17) is 4.42 Å². The molecule has 33 heavy (non-hydrogen) atoms. The fourth-order valence-corrected chi connectivity index (χ4v) is 3.43. The minimum absolute atomic E-state index is 0.0734. The maximum Gasteiger partial charge on any atom is 0.302 e. The van der Waals surface area contributed by atoms with E-state index >= 15 is 0 Å². The molecule has 0 aliphatic rings. The molecule has 0 radical (unpaired) electrons. The van der Waals surface area contributed by atoms with Crippen molar-refractivity contribution in [3.63, 3.8) is 0 Å². The van der Waals surface area contributed by atoms with Crippen molar-refractivity contribution >= 4 is 35.2 Å². The van der Waals surface area contributed by atoms with Gasteiger partial charge < -0.3 is 15.1 Å². The van der Waals surface area contributed by atoms with Crippen LogP contribution in [-0.4, -0.2) is 25.8 Å². The van der Waals surface area contributed by atoms with Crippen LogP contribution in [0.4, 0.5) is 29.3 Å². The molecule has 0 unspecified atom stereocenters. The number of amides is 1. The second-order valence-electron chi connectivity index (χ2n) is 7.63. The zero-order valence-electron chi connectivity index (χ0n) is 18.9. The molecule has 2 aromatic heterocycles. The molecule has 0 atom stereocenters. The van der Waals surface area contributed by atoms with Crippen molar-refractivity contribution in [2.45, 2.75) is 34.1 Å². The molecule has 9 nitrogen and oxygen atoms in total. The monoisotopic (exact) mass is 443 g/mol. The molecular formula is C24H25N7O2. The minimum atomic E-state index is -0.387. The van der Waals surface area contributed by atoms with Crippen LogP contribution in [0.2, 0.25) is 0 Å². The number of aryl methyl sites for hydroxylation is 4. The van der Waals surface area contributed by atoms with E-state index in [1.54, 1.807) is 0 Å². The summed E-state index contributed by atoms with van der Waals surface area (Å²) in [4.78, 5) is 30.0. The lowest BCUT2D eigenvalue weighted by atomic mass is 10.1. The maximum absolute atomic E-state index is 12.7. The van der Waals surface area contributed by atoms with Gasteiger partial charge in [-0.3, -0.25) is 10.1 Å². The van der Waals surface area contributed by atoms with Crippen LogP contribution < -0.4 is 16.0 Å². The average Bonchev–Trinajstić information content (AvgIpc) is 3.25. The van der Waals surface area contributed by atoms with Crippen molar-refractivity contribution < 1.29 is 9.21 Å². The van der Waals surface area contributed by atoms with Gasteiger partial charge in [-0.15, -0.1) is 0 Å². The van der Waals surface area contributed by atoms with Crippen molar-refractivity contribution in [2.24, 2.45) is 0 Å². The van der Waals surface area contributed by atoms with Gasteiger partial charge in [-0.2, -0.15) is 15.0 Å². The molecule has 0 fully saturated rings. The summed E-state index contributed by atoms with van der Waals surface area (Å²) in [7, 11) is 0. The van der Waals surface area contributed by atoms with Crippen LogP contribution in [0.5, 0.6) is 0 Å². The van der Waals surface area contributed by atoms with Crippen LogP contribution in [0.1, 0.15) is 40.0 Å². The smallest absolute Gasteiger partial charge is 0.302 e. The van der Waals surface area contributed by atoms with Crippen LogP contribution in [0.15, 0.2) is 53.1 Å². The van der Waals surface area contributed by atoms with Gasteiger partial charge in [-0.25, -0.2) is 4.98 Å². The van der Waals surface area contributed by atoms with Crippen LogP contribution in [-0.2, 0) is 6.42 Å². The van der Waals surface area contributed by atoms with E-state index in [1.165, 1.54) is 6.20 Å². The van der Waals surface area contributed by atoms with Gasteiger partial charge >= 0.3 is 6.01 Å². The molecule has 168 valence electrons. The zero-order valence-corrected chi connectivity index (χ0v) is 18.9. The number of para-hydroxylation sites is 1. The quantitative estimate of drug-likeness (QED) is 0.362. The Morgan fingerprint density at radius 3 is 2.27 bits per heavy atom. The largest absolute Gasteiger partial charge is 0.418 e. The lowest BCUT2D eigenvalue weighted by molar-refractivity contribution is 0.0997. The molecule has 4 aromatic rings. The van der Waals surface area contributed by atoms with Crippen LogP contribution in [0, 0.1) is 20.8 Å². The summed E-state index contributed by atoms with van der Waals surface area (Å²) in [6, 6.07) is 13.7. The van der Waals surface area contributed by atoms with E-state index in [1.807, 2.05) is 70.2 Å². The molecule has 0 aliphatic heterocycles. The third-order valence-corrected chi connectivity index (χ3v) is 4.89. The number of hydrogen-bond acceptors (Lipinski definition) is 8. The summed E-state index contributed by atoms with van der Waals surface area (Å²) >= 11 is 0. The number of benzene rings is 2. The predicted molar refractivity (Wildman–Crippen MR) is 127 cm³/mol. The first-order valence-corrected chi connectivity index (χ1v) is 10.6. The first kappa shape index (κ1) is 21.9. The molecule has 0 bridgehead atoms. The Kier molecular flexibility index (Phi) is 6.30. The van der Waals surface area contributed by atoms with Gasteiger partial charge in [0.15, 0.2) is 0 Å². The van der Waals surface area contributed by atoms with Gasteiger partial charge in [-0.1, -0.05) is 42.8 Å². The third kappa shape index (κ3) is 5.32. The summed E-state index contributed by atoms with van der Waals surface area (Å²) < 4.78 is 5.60. The summed E-state index contributed by atoms with van der Waals surface area (Å²) in [6.45, 7) is 7.88. The van der Waals surface area contributed by atoms with Gasteiger partial charge in [-0.05, 0) is 44.0 Å². The maximum atomic E-state index is 12.7. The summed E-state index contributed by atoms with van der Waals surface area (Å²) in [5, 5.41) is 8.97. The van der Waals surface area contributed by atoms with E-state index in [9.17, 15) is 4.79 Å². The summed E-state index contributed by atoms with van der Waals surface area (Å²) in [6.07, 6.45) is 1.98. The SMILES string of the molecule is CCc1nc(Nc2ccccc2)nc(Nc2ncc(C(=O)Nc3c(C)cc(C)cc3C)o2)n1. The Labute approximate surface area is 191 Å². The number of carbonyl (C=O) groups excluding carboxylic acids is 1. The molecule has 2 heterocycles. The van der Waals surface area contributed by atoms with E-state index in [0.717, 1.165) is 28.1 Å². The van der Waals surface area contributed by atoms with Crippen molar-refractivity contribution in [1.82, 2.24) is 19.9 Å². The fraction of sp³-hybridized carbons (Fsp3) is 0.208. The molecule has 1 amide bonds. The van der Waals surface area contributed by atoms with Crippen molar-refractivity contribution in [3.8, 4) is 0 Å². The molecule has 0 saturated carbocycles. The highest BCUT2D eigenvalue weighted by Gasteiger charge is 2.16. The molecule has 0 saturated heterocycles. The summed E-state index contributed by atoms with van der Waals surface area (Å²) in [5.74, 6) is 0.941. The highest BCUT2D eigenvalue weighted by Crippen LogP contribution is 2.23. The molecule has 3 N–H and O–H groups in total. The molecule has 9 heteroatoms. The van der Waals surface area contributed by atoms with E-state index in [0.29, 0.717) is 18.2 Å². The topological polar surface area (TPSA) is 118 Å². The highest BCUT2D eigenvalue weighted by atomic mass is 16.4. The fourth-order valence-electron chi connectivity index (χ4n) is 3.43. The molecule has 4 rings (SSSR count). The number of carbonyl (C=O) groups is 1. The number of anilines is 5. The van der Waals surface area contributed by atoms with Gasteiger partial charge in [0.05, 0.1) is 6.20 Å². The molecule has 2 aromatic carbocycles. The van der Waals surface area contributed by atoms with Crippen LogP contribution in [0.25, 0.3) is 0 Å². The Morgan fingerprint density at radius 1 is 0.939 bits per heavy atom. The molecule has 0 aliphatic carbocycles.